The maximum Gasteiger partial charge on any atom is 0.00797 e. The highest BCUT2D eigenvalue weighted by Gasteiger charge is 2.15. The molecule has 90 valence electrons. The Labute approximate surface area is 95.4 Å². The predicted molar refractivity (Wildman–Crippen MR) is 67.2 cm³/mol. The fraction of sp³-hybridized carbons (Fsp3) is 1.00. The van der Waals surface area contributed by atoms with E-state index in [1.807, 2.05) is 0 Å². The van der Waals surface area contributed by atoms with Crippen LogP contribution in [0.4, 0.5) is 0 Å². The van der Waals surface area contributed by atoms with Gasteiger partial charge in [-0.05, 0) is 57.8 Å². The maximum atomic E-state index is 3.71. The van der Waals surface area contributed by atoms with E-state index in [1.54, 1.807) is 0 Å². The maximum absolute atomic E-state index is 3.71. The van der Waals surface area contributed by atoms with Gasteiger partial charge in [-0.1, -0.05) is 20.8 Å². The molecular formula is C13H28N2. The van der Waals surface area contributed by atoms with Crippen LogP contribution in [0.3, 0.4) is 0 Å². The Kier molecular flexibility index (Phi) is 5.07. The second kappa shape index (κ2) is 5.86. The molecular weight excluding hydrogens is 184 g/mol. The Morgan fingerprint density at radius 3 is 2.60 bits per heavy atom. The molecule has 0 saturated carbocycles. The zero-order valence-electron chi connectivity index (χ0n) is 11.0. The van der Waals surface area contributed by atoms with Crippen molar-refractivity contribution < 1.29 is 0 Å². The summed E-state index contributed by atoms with van der Waals surface area (Å²) in [6.07, 6.45) is 5.30. The summed E-state index contributed by atoms with van der Waals surface area (Å²) in [5.74, 6) is 0. The van der Waals surface area contributed by atoms with E-state index < -0.39 is 0 Å². The molecule has 1 heterocycles. The van der Waals surface area contributed by atoms with E-state index in [4.69, 9.17) is 0 Å². The Bertz CT molecular complexity index is 172. The van der Waals surface area contributed by atoms with Gasteiger partial charge < -0.3 is 10.2 Å². The van der Waals surface area contributed by atoms with Crippen LogP contribution in [-0.2, 0) is 0 Å². The quantitative estimate of drug-likeness (QED) is 0.773. The highest BCUT2D eigenvalue weighted by Crippen LogP contribution is 2.18. The van der Waals surface area contributed by atoms with Crippen LogP contribution in [-0.4, -0.2) is 37.6 Å². The van der Waals surface area contributed by atoms with Gasteiger partial charge in [0.15, 0.2) is 0 Å². The van der Waals surface area contributed by atoms with Crippen molar-refractivity contribution in [2.45, 2.75) is 52.5 Å². The number of nitrogens with one attached hydrogen (secondary N) is 1. The molecule has 1 aliphatic rings. The molecule has 1 atom stereocenters. The van der Waals surface area contributed by atoms with Gasteiger partial charge in [-0.3, -0.25) is 0 Å². The lowest BCUT2D eigenvalue weighted by Gasteiger charge is -2.22. The van der Waals surface area contributed by atoms with Crippen molar-refractivity contribution in [2.75, 3.05) is 26.7 Å². The lowest BCUT2D eigenvalue weighted by molar-refractivity contribution is 0.331. The third-order valence-electron chi connectivity index (χ3n) is 3.26. The highest BCUT2D eigenvalue weighted by atomic mass is 15.1. The molecule has 1 saturated heterocycles. The molecule has 0 bridgehead atoms. The average Bonchev–Trinajstić information content (AvgIpc) is 2.29. The molecule has 0 aromatic rings. The second-order valence-electron chi connectivity index (χ2n) is 6.20. The SMILES string of the molecule is CN1CCCC(NCCC(C)(C)C)CC1. The van der Waals surface area contributed by atoms with Crippen molar-refractivity contribution in [3.63, 3.8) is 0 Å². The van der Waals surface area contributed by atoms with Crippen LogP contribution < -0.4 is 5.32 Å². The Morgan fingerprint density at radius 1 is 1.20 bits per heavy atom. The Balaban J connectivity index is 2.15. The van der Waals surface area contributed by atoms with Crippen LogP contribution in [0.1, 0.15) is 46.5 Å². The Hall–Kier alpha value is -0.0800. The minimum Gasteiger partial charge on any atom is -0.314 e. The summed E-state index contributed by atoms with van der Waals surface area (Å²) >= 11 is 0. The van der Waals surface area contributed by atoms with Gasteiger partial charge in [0.25, 0.3) is 0 Å². The molecule has 1 N–H and O–H groups in total. The van der Waals surface area contributed by atoms with Crippen LogP contribution in [0.5, 0.6) is 0 Å². The molecule has 2 heteroatoms. The lowest BCUT2D eigenvalue weighted by atomic mass is 9.92. The fourth-order valence-corrected chi connectivity index (χ4v) is 2.10. The summed E-state index contributed by atoms with van der Waals surface area (Å²) in [6.45, 7) is 10.7. The molecule has 0 amide bonds. The molecule has 1 rings (SSSR count). The van der Waals surface area contributed by atoms with Crippen molar-refractivity contribution in [1.29, 1.82) is 0 Å². The second-order valence-corrected chi connectivity index (χ2v) is 6.20. The van der Waals surface area contributed by atoms with Gasteiger partial charge in [-0.15, -0.1) is 0 Å². The van der Waals surface area contributed by atoms with E-state index in [0.29, 0.717) is 5.41 Å². The topological polar surface area (TPSA) is 15.3 Å². The predicted octanol–water partition coefficient (Wildman–Crippen LogP) is 2.50. The smallest absolute Gasteiger partial charge is 0.00797 e. The zero-order chi connectivity index (χ0) is 11.3. The number of likely N-dealkylation sites (tertiary alicyclic amines) is 1. The zero-order valence-corrected chi connectivity index (χ0v) is 11.0. The molecule has 0 radical (unpaired) electrons. The third-order valence-corrected chi connectivity index (χ3v) is 3.26. The van der Waals surface area contributed by atoms with Crippen LogP contribution in [0.15, 0.2) is 0 Å². The first kappa shape index (κ1) is 13.0. The lowest BCUT2D eigenvalue weighted by Crippen LogP contribution is -2.32. The summed E-state index contributed by atoms with van der Waals surface area (Å²) < 4.78 is 0. The van der Waals surface area contributed by atoms with Crippen LogP contribution in [0.25, 0.3) is 0 Å². The first-order chi connectivity index (χ1) is 6.97. The molecule has 0 aliphatic carbocycles. The molecule has 0 spiro atoms. The monoisotopic (exact) mass is 212 g/mol. The van der Waals surface area contributed by atoms with Gasteiger partial charge in [0.2, 0.25) is 0 Å². The largest absolute Gasteiger partial charge is 0.314 e. The van der Waals surface area contributed by atoms with Crippen molar-refractivity contribution >= 4 is 0 Å². The molecule has 1 aliphatic heterocycles. The van der Waals surface area contributed by atoms with Gasteiger partial charge in [-0.2, -0.15) is 0 Å². The van der Waals surface area contributed by atoms with Crippen LogP contribution >= 0.6 is 0 Å². The van der Waals surface area contributed by atoms with Gasteiger partial charge in [0.05, 0.1) is 0 Å². The van der Waals surface area contributed by atoms with Crippen LogP contribution in [0.2, 0.25) is 0 Å². The standard InChI is InChI=1S/C13H28N2/c1-13(2,3)8-9-14-12-6-5-10-15(4)11-7-12/h12,14H,5-11H2,1-4H3. The van der Waals surface area contributed by atoms with Gasteiger partial charge in [0.1, 0.15) is 0 Å². The Morgan fingerprint density at radius 2 is 1.93 bits per heavy atom. The van der Waals surface area contributed by atoms with Crippen molar-refractivity contribution in [2.24, 2.45) is 5.41 Å². The van der Waals surface area contributed by atoms with E-state index in [1.165, 1.54) is 45.3 Å². The molecule has 0 aromatic carbocycles. The van der Waals surface area contributed by atoms with E-state index in [2.05, 4.69) is 38.0 Å². The van der Waals surface area contributed by atoms with E-state index in [0.717, 1.165) is 6.04 Å². The fourth-order valence-electron chi connectivity index (χ4n) is 2.10. The van der Waals surface area contributed by atoms with Crippen molar-refractivity contribution in [3.05, 3.63) is 0 Å². The minimum atomic E-state index is 0.467. The van der Waals surface area contributed by atoms with Crippen molar-refractivity contribution in [3.8, 4) is 0 Å². The van der Waals surface area contributed by atoms with Gasteiger partial charge in [0, 0.05) is 6.04 Å². The first-order valence-corrected chi connectivity index (χ1v) is 6.39. The van der Waals surface area contributed by atoms with E-state index in [9.17, 15) is 0 Å². The summed E-state index contributed by atoms with van der Waals surface area (Å²) in [4.78, 5) is 2.45. The summed E-state index contributed by atoms with van der Waals surface area (Å²) in [5.41, 5.74) is 0.467. The van der Waals surface area contributed by atoms with Crippen LogP contribution in [0, 0.1) is 5.41 Å². The number of hydrogen-bond acceptors (Lipinski definition) is 2. The molecule has 1 fully saturated rings. The molecule has 15 heavy (non-hydrogen) atoms. The van der Waals surface area contributed by atoms with Gasteiger partial charge in [-0.25, -0.2) is 0 Å². The molecule has 1 unspecified atom stereocenters. The van der Waals surface area contributed by atoms with Crippen molar-refractivity contribution in [1.82, 2.24) is 10.2 Å². The van der Waals surface area contributed by atoms with Gasteiger partial charge >= 0.3 is 0 Å². The van der Waals surface area contributed by atoms with E-state index in [-0.39, 0.29) is 0 Å². The summed E-state index contributed by atoms with van der Waals surface area (Å²) in [6, 6.07) is 0.761. The first-order valence-electron chi connectivity index (χ1n) is 6.39. The number of nitrogens with zero attached hydrogens (tertiary/aromatic N) is 1. The summed E-state index contributed by atoms with van der Waals surface area (Å²) in [5, 5.41) is 3.71. The normalized spacial score (nSPS) is 25.2. The molecule has 0 aromatic heterocycles. The summed E-state index contributed by atoms with van der Waals surface area (Å²) in [7, 11) is 2.23. The third kappa shape index (κ3) is 6.16. The minimum absolute atomic E-state index is 0.467. The van der Waals surface area contributed by atoms with E-state index >= 15 is 0 Å². The highest BCUT2D eigenvalue weighted by molar-refractivity contribution is 4.74. The molecule has 2 nitrogen and oxygen atoms in total. The number of hydrogen-bond donors (Lipinski definition) is 1. The number of rotatable bonds is 3. The average molecular weight is 212 g/mol.